The van der Waals surface area contributed by atoms with Crippen molar-refractivity contribution in [2.45, 2.75) is 25.9 Å². The highest BCUT2D eigenvalue weighted by Crippen LogP contribution is 2.27. The van der Waals surface area contributed by atoms with Gasteiger partial charge in [-0.15, -0.1) is 0 Å². The summed E-state index contributed by atoms with van der Waals surface area (Å²) in [6, 6.07) is 0. The summed E-state index contributed by atoms with van der Waals surface area (Å²) in [4.78, 5) is 4.24. The molecule has 4 heteroatoms. The maximum absolute atomic E-state index is 8.82. The number of aliphatic hydroxyl groups is 1. The van der Waals surface area contributed by atoms with Gasteiger partial charge in [-0.3, -0.25) is 0 Å². The quantitative estimate of drug-likeness (QED) is 0.689. The van der Waals surface area contributed by atoms with E-state index in [1.165, 1.54) is 12.8 Å². The standard InChI is InChI=1S/C10H17N3O/c14-6-5-13-4-3-12-10(13)8-11-7-9-1-2-9/h3-4,9,11,14H,1-2,5-8H2. The third-order valence-corrected chi connectivity index (χ3v) is 2.56. The molecule has 1 aliphatic carbocycles. The second kappa shape index (κ2) is 4.57. The van der Waals surface area contributed by atoms with Gasteiger partial charge in [0.1, 0.15) is 5.82 Å². The lowest BCUT2D eigenvalue weighted by Crippen LogP contribution is -2.19. The highest BCUT2D eigenvalue weighted by Gasteiger charge is 2.20. The van der Waals surface area contributed by atoms with Crippen LogP contribution >= 0.6 is 0 Å². The molecule has 1 saturated carbocycles. The summed E-state index contributed by atoms with van der Waals surface area (Å²) < 4.78 is 1.99. The van der Waals surface area contributed by atoms with Crippen molar-refractivity contribution in [2.24, 2.45) is 5.92 Å². The summed E-state index contributed by atoms with van der Waals surface area (Å²) >= 11 is 0. The SMILES string of the molecule is OCCn1ccnc1CNCC1CC1. The second-order valence-electron chi connectivity index (χ2n) is 3.83. The summed E-state index contributed by atoms with van der Waals surface area (Å²) in [6.45, 7) is 2.72. The van der Waals surface area contributed by atoms with Crippen molar-refractivity contribution in [1.29, 1.82) is 0 Å². The van der Waals surface area contributed by atoms with E-state index in [4.69, 9.17) is 5.11 Å². The van der Waals surface area contributed by atoms with Crippen molar-refractivity contribution < 1.29 is 5.11 Å². The zero-order chi connectivity index (χ0) is 9.80. The molecule has 1 aromatic rings. The van der Waals surface area contributed by atoms with Crippen LogP contribution in [0, 0.1) is 5.92 Å². The molecule has 0 saturated heterocycles. The molecule has 0 spiro atoms. The highest BCUT2D eigenvalue weighted by molar-refractivity contribution is 4.92. The third kappa shape index (κ3) is 2.56. The van der Waals surface area contributed by atoms with Gasteiger partial charge in [-0.2, -0.15) is 0 Å². The summed E-state index contributed by atoms with van der Waals surface area (Å²) in [5, 5.41) is 12.2. The Bertz CT molecular complexity index is 281. The molecule has 0 aliphatic heterocycles. The van der Waals surface area contributed by atoms with E-state index in [1.54, 1.807) is 6.20 Å². The number of nitrogens with zero attached hydrogens (tertiary/aromatic N) is 2. The molecular weight excluding hydrogens is 178 g/mol. The van der Waals surface area contributed by atoms with Crippen molar-refractivity contribution in [3.8, 4) is 0 Å². The molecule has 0 atom stereocenters. The van der Waals surface area contributed by atoms with E-state index in [1.807, 2.05) is 10.8 Å². The van der Waals surface area contributed by atoms with Crippen molar-refractivity contribution in [1.82, 2.24) is 14.9 Å². The van der Waals surface area contributed by atoms with Crippen LogP contribution in [0.25, 0.3) is 0 Å². The topological polar surface area (TPSA) is 50.1 Å². The highest BCUT2D eigenvalue weighted by atomic mass is 16.3. The summed E-state index contributed by atoms with van der Waals surface area (Å²) in [7, 11) is 0. The Morgan fingerprint density at radius 1 is 1.57 bits per heavy atom. The second-order valence-corrected chi connectivity index (χ2v) is 3.83. The van der Waals surface area contributed by atoms with Crippen molar-refractivity contribution >= 4 is 0 Å². The van der Waals surface area contributed by atoms with Gasteiger partial charge in [0.15, 0.2) is 0 Å². The number of hydrogen-bond donors (Lipinski definition) is 2. The van der Waals surface area contributed by atoms with Crippen LogP contribution in [0.3, 0.4) is 0 Å². The molecule has 78 valence electrons. The molecule has 0 aromatic carbocycles. The van der Waals surface area contributed by atoms with Gasteiger partial charge in [0.25, 0.3) is 0 Å². The zero-order valence-corrected chi connectivity index (χ0v) is 8.32. The molecule has 1 heterocycles. The van der Waals surface area contributed by atoms with Crippen molar-refractivity contribution in [3.05, 3.63) is 18.2 Å². The average molecular weight is 195 g/mol. The maximum Gasteiger partial charge on any atom is 0.122 e. The van der Waals surface area contributed by atoms with Crippen LogP contribution in [0.2, 0.25) is 0 Å². The average Bonchev–Trinajstić information content (AvgIpc) is 2.89. The van der Waals surface area contributed by atoms with Gasteiger partial charge in [-0.05, 0) is 25.3 Å². The third-order valence-electron chi connectivity index (χ3n) is 2.56. The number of rotatable bonds is 6. The summed E-state index contributed by atoms with van der Waals surface area (Å²) in [5.41, 5.74) is 0. The van der Waals surface area contributed by atoms with E-state index in [0.717, 1.165) is 24.8 Å². The largest absolute Gasteiger partial charge is 0.395 e. The van der Waals surface area contributed by atoms with E-state index < -0.39 is 0 Å². The molecule has 2 rings (SSSR count). The minimum atomic E-state index is 0.173. The number of hydrogen-bond acceptors (Lipinski definition) is 3. The maximum atomic E-state index is 8.82. The molecule has 0 bridgehead atoms. The molecule has 2 N–H and O–H groups in total. The predicted octanol–water partition coefficient (Wildman–Crippen LogP) is 0.375. The Morgan fingerprint density at radius 3 is 3.14 bits per heavy atom. The number of imidazole rings is 1. The summed E-state index contributed by atoms with van der Waals surface area (Å²) in [5.74, 6) is 1.91. The Hall–Kier alpha value is -0.870. The van der Waals surface area contributed by atoms with Gasteiger partial charge in [0, 0.05) is 18.9 Å². The first-order valence-corrected chi connectivity index (χ1v) is 5.21. The molecular formula is C10H17N3O. The molecule has 14 heavy (non-hydrogen) atoms. The predicted molar refractivity (Wildman–Crippen MR) is 53.7 cm³/mol. The van der Waals surface area contributed by atoms with Crippen LogP contribution in [0.1, 0.15) is 18.7 Å². The van der Waals surface area contributed by atoms with Gasteiger partial charge < -0.3 is 15.0 Å². The first-order valence-electron chi connectivity index (χ1n) is 5.21. The van der Waals surface area contributed by atoms with Crippen LogP contribution in [0.4, 0.5) is 0 Å². The lowest BCUT2D eigenvalue weighted by molar-refractivity contribution is 0.273. The van der Waals surface area contributed by atoms with E-state index in [2.05, 4.69) is 10.3 Å². The fourth-order valence-corrected chi connectivity index (χ4v) is 1.53. The molecule has 4 nitrogen and oxygen atoms in total. The van der Waals surface area contributed by atoms with Gasteiger partial charge in [-0.1, -0.05) is 0 Å². The van der Waals surface area contributed by atoms with Crippen LogP contribution in [-0.2, 0) is 13.1 Å². The minimum Gasteiger partial charge on any atom is -0.395 e. The Kier molecular flexibility index (Phi) is 3.16. The Balaban J connectivity index is 1.78. The van der Waals surface area contributed by atoms with Crippen molar-refractivity contribution in [3.63, 3.8) is 0 Å². The van der Waals surface area contributed by atoms with E-state index in [-0.39, 0.29) is 6.61 Å². The smallest absolute Gasteiger partial charge is 0.122 e. The van der Waals surface area contributed by atoms with Crippen molar-refractivity contribution in [2.75, 3.05) is 13.2 Å². The zero-order valence-electron chi connectivity index (χ0n) is 8.32. The molecule has 1 fully saturated rings. The minimum absolute atomic E-state index is 0.173. The van der Waals surface area contributed by atoms with Crippen LogP contribution in [0.15, 0.2) is 12.4 Å². The molecule has 0 unspecified atom stereocenters. The first kappa shape index (κ1) is 9.68. The van der Waals surface area contributed by atoms with Crippen LogP contribution in [0.5, 0.6) is 0 Å². The van der Waals surface area contributed by atoms with Crippen LogP contribution in [-0.4, -0.2) is 27.8 Å². The fourth-order valence-electron chi connectivity index (χ4n) is 1.53. The Morgan fingerprint density at radius 2 is 2.43 bits per heavy atom. The first-order chi connectivity index (χ1) is 6.90. The number of aliphatic hydroxyl groups excluding tert-OH is 1. The summed E-state index contributed by atoms with van der Waals surface area (Å²) in [6.07, 6.45) is 6.43. The number of aromatic nitrogens is 2. The van der Waals surface area contributed by atoms with Crippen LogP contribution < -0.4 is 5.32 Å². The monoisotopic (exact) mass is 195 g/mol. The molecule has 1 aromatic heterocycles. The van der Waals surface area contributed by atoms with Gasteiger partial charge in [0.05, 0.1) is 13.2 Å². The normalized spacial score (nSPS) is 16.1. The van der Waals surface area contributed by atoms with Gasteiger partial charge >= 0.3 is 0 Å². The van der Waals surface area contributed by atoms with E-state index in [9.17, 15) is 0 Å². The lowest BCUT2D eigenvalue weighted by atomic mass is 10.4. The number of nitrogens with one attached hydrogen (secondary N) is 1. The molecule has 0 radical (unpaired) electrons. The molecule has 1 aliphatic rings. The molecule has 0 amide bonds. The van der Waals surface area contributed by atoms with E-state index >= 15 is 0 Å². The van der Waals surface area contributed by atoms with Gasteiger partial charge in [-0.25, -0.2) is 4.98 Å². The van der Waals surface area contributed by atoms with E-state index in [0.29, 0.717) is 6.54 Å². The fraction of sp³-hybridized carbons (Fsp3) is 0.700. The Labute approximate surface area is 84.0 Å². The lowest BCUT2D eigenvalue weighted by Gasteiger charge is -2.06. The van der Waals surface area contributed by atoms with Gasteiger partial charge in [0.2, 0.25) is 0 Å².